The van der Waals surface area contributed by atoms with E-state index in [1.54, 1.807) is 26.4 Å². The summed E-state index contributed by atoms with van der Waals surface area (Å²) >= 11 is 0. The molecule has 0 aromatic carbocycles. The quantitative estimate of drug-likeness (QED) is 0.476. The number of ketones is 2. The van der Waals surface area contributed by atoms with Crippen molar-refractivity contribution in [3.05, 3.63) is 11.1 Å². The third-order valence-electron chi connectivity index (χ3n) is 6.97. The van der Waals surface area contributed by atoms with Crippen LogP contribution in [0.1, 0.15) is 83.1 Å². The number of carbonyl (C=O) groups is 2. The number of hydrogen-bond donors (Lipinski definition) is 0. The van der Waals surface area contributed by atoms with Crippen molar-refractivity contribution in [2.24, 2.45) is 16.2 Å². The second-order valence-corrected chi connectivity index (χ2v) is 12.5. The Morgan fingerprint density at radius 2 is 0.962 bits per heavy atom. The van der Waals surface area contributed by atoms with E-state index < -0.39 is 9.52 Å². The highest BCUT2D eigenvalue weighted by Crippen LogP contribution is 2.77. The second-order valence-electron chi connectivity index (χ2n) is 9.25. The Labute approximate surface area is 163 Å². The largest absolute Gasteiger partial charge is 0.299 e. The maximum Gasteiger partial charge on any atom is 0.155 e. The first kappa shape index (κ1) is 27.3. The number of allylic oxidation sites excluding steroid dienone is 2. The lowest BCUT2D eigenvalue weighted by Crippen LogP contribution is -2.15. The first-order valence-corrected chi connectivity index (χ1v) is 11.5. The summed E-state index contributed by atoms with van der Waals surface area (Å²) in [6.45, 7) is 23.6. The van der Waals surface area contributed by atoms with E-state index in [2.05, 4.69) is 34.6 Å². The first-order valence-electron chi connectivity index (χ1n) is 9.10. The average molecular weight is 387 g/mol. The van der Waals surface area contributed by atoms with E-state index in [9.17, 15) is 13.8 Å². The van der Waals surface area contributed by atoms with Crippen LogP contribution in [0.3, 0.4) is 0 Å². The molecule has 0 aromatic heterocycles. The van der Waals surface area contributed by atoms with E-state index in [1.807, 2.05) is 34.6 Å². The maximum absolute atomic E-state index is 11.4. The van der Waals surface area contributed by atoms with Gasteiger partial charge in [0.15, 0.2) is 5.78 Å². The van der Waals surface area contributed by atoms with E-state index in [0.717, 1.165) is 16.0 Å². The number of rotatable bonds is 2. The molecule has 0 N–H and O–H groups in total. The van der Waals surface area contributed by atoms with Gasteiger partial charge in [-0.15, -0.1) is 0 Å². The van der Waals surface area contributed by atoms with Crippen molar-refractivity contribution < 1.29 is 13.8 Å². The lowest BCUT2D eigenvalue weighted by Gasteiger charge is -2.09. The van der Waals surface area contributed by atoms with Gasteiger partial charge in [-0.3, -0.25) is 13.8 Å². The maximum atomic E-state index is 11.4. The molecule has 0 heterocycles. The molecule has 0 atom stereocenters. The Balaban J connectivity index is 0. The Morgan fingerprint density at radius 3 is 0.962 bits per heavy atom. The van der Waals surface area contributed by atoms with Gasteiger partial charge in [-0.25, -0.2) is 0 Å². The highest BCUT2D eigenvalue weighted by atomic mass is 32.2. The number of Topliss-reactive ketones (excluding diaryl/α,β-unsaturated/α-hetero) is 2. The van der Waals surface area contributed by atoms with Crippen LogP contribution < -0.4 is 0 Å². The SMILES string of the molecule is CC(=O)C(C)=C(C)C.CC(=O)C1(C)C(C)(C)C1(C)C.CC(C)=S(C)(C)=O. The summed E-state index contributed by atoms with van der Waals surface area (Å²) in [5.41, 5.74) is 2.24. The zero-order chi connectivity index (χ0) is 21.9. The molecule has 26 heavy (non-hydrogen) atoms. The monoisotopic (exact) mass is 386 g/mol. The predicted octanol–water partition coefficient (Wildman–Crippen LogP) is 5.32. The van der Waals surface area contributed by atoms with Gasteiger partial charge in [-0.2, -0.15) is 0 Å². The van der Waals surface area contributed by atoms with Crippen LogP contribution in [0.25, 0.3) is 0 Å². The third-order valence-corrected chi connectivity index (χ3v) is 8.93. The molecule has 3 nitrogen and oxygen atoms in total. The van der Waals surface area contributed by atoms with E-state index in [-0.39, 0.29) is 22.0 Å². The van der Waals surface area contributed by atoms with Gasteiger partial charge in [0.25, 0.3) is 0 Å². The Morgan fingerprint density at radius 1 is 0.692 bits per heavy atom. The molecule has 1 saturated carbocycles. The van der Waals surface area contributed by atoms with Gasteiger partial charge in [-0.1, -0.05) is 40.2 Å². The van der Waals surface area contributed by atoms with Crippen LogP contribution in [-0.2, 0) is 19.1 Å². The normalized spacial score (nSPS) is 18.2. The standard InChI is InChI=1S/C10H18O.C7H12O.C5H12OS/c1-7(11)10(6)8(2,3)9(10,4)5;1-5(2)6(3)7(4)8;1-5(2)7(3,4)6/h1-6H3;1-4H3;1-4H3. The van der Waals surface area contributed by atoms with Gasteiger partial charge in [0.05, 0.1) is 0 Å². The van der Waals surface area contributed by atoms with Crippen LogP contribution in [0.2, 0.25) is 0 Å². The lowest BCUT2D eigenvalue weighted by atomic mass is 9.93. The first-order chi connectivity index (χ1) is 11.2. The minimum atomic E-state index is -1.57. The molecule has 154 valence electrons. The molecule has 0 radical (unpaired) electrons. The van der Waals surface area contributed by atoms with Crippen molar-refractivity contribution in [1.82, 2.24) is 0 Å². The zero-order valence-corrected chi connectivity index (χ0v) is 20.4. The van der Waals surface area contributed by atoms with E-state index >= 15 is 0 Å². The molecule has 0 bridgehead atoms. The van der Waals surface area contributed by atoms with Crippen LogP contribution in [0.15, 0.2) is 11.1 Å². The van der Waals surface area contributed by atoms with Crippen LogP contribution in [-0.4, -0.2) is 33.2 Å². The van der Waals surface area contributed by atoms with Crippen LogP contribution >= 0.6 is 0 Å². The summed E-state index contributed by atoms with van der Waals surface area (Å²) < 4.78 is 10.8. The highest BCUT2D eigenvalue weighted by Gasteiger charge is 2.76. The van der Waals surface area contributed by atoms with Gasteiger partial charge >= 0.3 is 0 Å². The molecule has 1 aliphatic carbocycles. The van der Waals surface area contributed by atoms with Gasteiger partial charge < -0.3 is 0 Å². The smallest absolute Gasteiger partial charge is 0.155 e. The molecule has 0 unspecified atom stereocenters. The average Bonchev–Trinajstić information content (AvgIpc) is 2.76. The Kier molecular flexibility index (Phi) is 9.31. The Hall–Kier alpha value is -0.900. The molecule has 4 heteroatoms. The highest BCUT2D eigenvalue weighted by molar-refractivity contribution is 8.01. The van der Waals surface area contributed by atoms with Crippen molar-refractivity contribution in [2.75, 3.05) is 12.5 Å². The third kappa shape index (κ3) is 5.80. The molecule has 0 amide bonds. The minimum Gasteiger partial charge on any atom is -0.299 e. The summed E-state index contributed by atoms with van der Waals surface area (Å²) in [7, 11) is -1.57. The molecular formula is C22H42O3S. The fourth-order valence-electron chi connectivity index (χ4n) is 2.83. The molecule has 0 saturated heterocycles. The molecule has 1 rings (SSSR count). The summed E-state index contributed by atoms with van der Waals surface area (Å²) in [5, 5.41) is 0. The fourth-order valence-corrected chi connectivity index (χ4v) is 2.83. The van der Waals surface area contributed by atoms with Gasteiger partial charge in [0.2, 0.25) is 0 Å². The van der Waals surface area contributed by atoms with Crippen molar-refractivity contribution in [3.63, 3.8) is 0 Å². The van der Waals surface area contributed by atoms with Crippen LogP contribution in [0, 0.1) is 16.2 Å². The molecule has 0 aromatic rings. The number of carbonyl (C=O) groups excluding carboxylic acids is 2. The molecule has 1 aliphatic rings. The molecule has 1 fully saturated rings. The fraction of sp³-hybridized carbons (Fsp3) is 0.773. The minimum absolute atomic E-state index is 0.0972. The topological polar surface area (TPSA) is 51.2 Å². The van der Waals surface area contributed by atoms with Gasteiger partial charge in [-0.05, 0) is 79.3 Å². The van der Waals surface area contributed by atoms with E-state index in [0.29, 0.717) is 5.78 Å². The Bertz CT molecular complexity index is 667. The van der Waals surface area contributed by atoms with Crippen molar-refractivity contribution >= 4 is 26.0 Å². The molecular weight excluding hydrogens is 344 g/mol. The predicted molar refractivity (Wildman–Crippen MR) is 117 cm³/mol. The van der Waals surface area contributed by atoms with Crippen molar-refractivity contribution in [2.45, 2.75) is 83.1 Å². The summed E-state index contributed by atoms with van der Waals surface area (Å²) in [5.74, 6) is 0.498. The summed E-state index contributed by atoms with van der Waals surface area (Å²) in [6, 6.07) is 0. The van der Waals surface area contributed by atoms with Crippen molar-refractivity contribution in [3.8, 4) is 0 Å². The van der Waals surface area contributed by atoms with Gasteiger partial charge in [0.1, 0.15) is 5.78 Å². The zero-order valence-electron chi connectivity index (χ0n) is 19.6. The molecule has 0 aliphatic heterocycles. The number of hydrogen-bond acceptors (Lipinski definition) is 3. The van der Waals surface area contributed by atoms with Crippen LogP contribution in [0.5, 0.6) is 0 Å². The van der Waals surface area contributed by atoms with Crippen LogP contribution in [0.4, 0.5) is 0 Å². The molecule has 0 spiro atoms. The van der Waals surface area contributed by atoms with Crippen molar-refractivity contribution in [1.29, 1.82) is 0 Å². The van der Waals surface area contributed by atoms with E-state index in [4.69, 9.17) is 0 Å². The summed E-state index contributed by atoms with van der Waals surface area (Å²) in [6.07, 6.45) is 3.50. The van der Waals surface area contributed by atoms with Gasteiger partial charge in [0, 0.05) is 17.9 Å². The lowest BCUT2D eigenvalue weighted by molar-refractivity contribution is -0.123. The summed E-state index contributed by atoms with van der Waals surface area (Å²) in [4.78, 5) is 22.9. The second kappa shape index (κ2) is 8.86. The van der Waals surface area contributed by atoms with E-state index in [1.165, 1.54) is 0 Å².